The second kappa shape index (κ2) is 6.28. The Balaban J connectivity index is 1.72. The number of hydrogen-bond acceptors (Lipinski definition) is 6. The third-order valence-corrected chi connectivity index (χ3v) is 4.04. The number of anilines is 4. The molecule has 2 heterocycles. The Kier molecular flexibility index (Phi) is 4.18. The molecule has 1 fully saturated rings. The molecule has 0 atom stereocenters. The maximum Gasteiger partial charge on any atom is 0.157 e. The fourth-order valence-electron chi connectivity index (χ4n) is 2.81. The Morgan fingerprint density at radius 1 is 1.00 bits per heavy atom. The average molecular weight is 316 g/mol. The van der Waals surface area contributed by atoms with Crippen molar-refractivity contribution in [3.05, 3.63) is 36.4 Å². The highest BCUT2D eigenvalue weighted by molar-refractivity contribution is 5.75. The van der Waals surface area contributed by atoms with Gasteiger partial charge >= 0.3 is 0 Å². The molecule has 3 rings (SSSR count). The minimum atomic E-state index is -0.211. The van der Waals surface area contributed by atoms with E-state index in [0.29, 0.717) is 5.69 Å². The molecule has 0 unspecified atom stereocenters. The highest BCUT2D eigenvalue weighted by atomic mass is 19.1. The summed E-state index contributed by atoms with van der Waals surface area (Å²) in [5.41, 5.74) is 7.86. The van der Waals surface area contributed by atoms with Crippen molar-refractivity contribution in [3.8, 4) is 0 Å². The van der Waals surface area contributed by atoms with Gasteiger partial charge in [-0.2, -0.15) is 0 Å². The quantitative estimate of drug-likeness (QED) is 0.928. The van der Waals surface area contributed by atoms with E-state index >= 15 is 0 Å². The van der Waals surface area contributed by atoms with Crippen molar-refractivity contribution in [1.82, 2.24) is 9.97 Å². The molecule has 0 saturated carbocycles. The summed E-state index contributed by atoms with van der Waals surface area (Å²) in [4.78, 5) is 14.9. The summed E-state index contributed by atoms with van der Waals surface area (Å²) < 4.78 is 13.0. The Morgan fingerprint density at radius 3 is 2.22 bits per heavy atom. The van der Waals surface area contributed by atoms with E-state index in [0.717, 1.165) is 43.5 Å². The number of aromatic nitrogens is 2. The molecule has 0 radical (unpaired) electrons. The van der Waals surface area contributed by atoms with Crippen LogP contribution in [-0.4, -0.2) is 50.2 Å². The summed E-state index contributed by atoms with van der Waals surface area (Å²) >= 11 is 0. The summed E-state index contributed by atoms with van der Waals surface area (Å²) in [6.45, 7) is 3.30. The largest absolute Gasteiger partial charge is 0.393 e. The smallest absolute Gasteiger partial charge is 0.157 e. The molecule has 6 nitrogen and oxygen atoms in total. The van der Waals surface area contributed by atoms with Gasteiger partial charge in [0, 0.05) is 46.0 Å². The van der Waals surface area contributed by atoms with Crippen LogP contribution in [-0.2, 0) is 0 Å². The molecule has 1 aliphatic rings. The summed E-state index contributed by atoms with van der Waals surface area (Å²) in [5.74, 6) is 1.30. The zero-order valence-corrected chi connectivity index (χ0v) is 13.4. The lowest BCUT2D eigenvalue weighted by atomic mass is 10.2. The highest BCUT2D eigenvalue weighted by Gasteiger charge is 2.21. The van der Waals surface area contributed by atoms with Gasteiger partial charge in [-0.1, -0.05) is 0 Å². The van der Waals surface area contributed by atoms with Crippen LogP contribution in [0.15, 0.2) is 30.6 Å². The van der Waals surface area contributed by atoms with E-state index in [1.165, 1.54) is 12.1 Å². The zero-order valence-electron chi connectivity index (χ0n) is 13.4. The molecular weight excluding hydrogens is 295 g/mol. The Bertz CT molecular complexity index is 665. The van der Waals surface area contributed by atoms with E-state index in [2.05, 4.69) is 19.8 Å². The number of halogens is 1. The van der Waals surface area contributed by atoms with Crippen molar-refractivity contribution in [2.45, 2.75) is 0 Å². The third-order valence-electron chi connectivity index (χ3n) is 4.04. The van der Waals surface area contributed by atoms with Crippen LogP contribution in [0.3, 0.4) is 0 Å². The van der Waals surface area contributed by atoms with Crippen molar-refractivity contribution < 1.29 is 4.39 Å². The molecule has 0 aliphatic carbocycles. The Labute approximate surface area is 135 Å². The van der Waals surface area contributed by atoms with Crippen LogP contribution < -0.4 is 20.4 Å². The molecule has 23 heavy (non-hydrogen) atoms. The van der Waals surface area contributed by atoms with Crippen molar-refractivity contribution in [2.24, 2.45) is 0 Å². The lowest BCUT2D eigenvalue weighted by molar-refractivity contribution is 0.624. The summed E-state index contributed by atoms with van der Waals surface area (Å²) in [7, 11) is 3.82. The van der Waals surface area contributed by atoms with Gasteiger partial charge in [0.15, 0.2) is 11.6 Å². The number of nitrogen functional groups attached to an aromatic ring is 1. The molecule has 7 heteroatoms. The minimum Gasteiger partial charge on any atom is -0.393 e. The van der Waals surface area contributed by atoms with E-state index in [1.54, 1.807) is 6.33 Å². The van der Waals surface area contributed by atoms with Gasteiger partial charge in [0.1, 0.15) is 17.8 Å². The Hall–Kier alpha value is -2.57. The number of nitrogens with zero attached hydrogens (tertiary/aromatic N) is 5. The maximum atomic E-state index is 13.0. The summed E-state index contributed by atoms with van der Waals surface area (Å²) in [6, 6.07) is 6.61. The van der Waals surface area contributed by atoms with Crippen molar-refractivity contribution in [2.75, 3.05) is 60.7 Å². The molecule has 1 aromatic carbocycles. The van der Waals surface area contributed by atoms with Gasteiger partial charge in [-0.25, -0.2) is 14.4 Å². The molecule has 122 valence electrons. The lowest BCUT2D eigenvalue weighted by Crippen LogP contribution is -2.47. The number of piperazine rings is 1. The molecule has 1 aliphatic heterocycles. The van der Waals surface area contributed by atoms with Gasteiger partial charge in [-0.05, 0) is 24.3 Å². The van der Waals surface area contributed by atoms with E-state index in [9.17, 15) is 4.39 Å². The van der Waals surface area contributed by atoms with E-state index in [-0.39, 0.29) is 5.82 Å². The molecule has 1 saturated heterocycles. The number of rotatable bonds is 3. The monoisotopic (exact) mass is 316 g/mol. The van der Waals surface area contributed by atoms with Crippen LogP contribution in [0.1, 0.15) is 0 Å². The van der Waals surface area contributed by atoms with Gasteiger partial charge in [0.05, 0.1) is 0 Å². The van der Waals surface area contributed by atoms with Gasteiger partial charge < -0.3 is 20.4 Å². The van der Waals surface area contributed by atoms with E-state index < -0.39 is 0 Å². The molecule has 2 aromatic rings. The standard InChI is InChI=1S/C16H21FN6/c1-21(2)15-14(18)16(20-11-19-15)23-9-7-22(8-10-23)13-5-3-12(17)4-6-13/h3-6,11H,7-10,18H2,1-2H3. The number of nitrogens with two attached hydrogens (primary N) is 1. The van der Waals surface area contributed by atoms with Gasteiger partial charge in [0.2, 0.25) is 0 Å². The van der Waals surface area contributed by atoms with Crippen LogP contribution in [0.5, 0.6) is 0 Å². The highest BCUT2D eigenvalue weighted by Crippen LogP contribution is 2.29. The van der Waals surface area contributed by atoms with Crippen LogP contribution in [0.25, 0.3) is 0 Å². The first-order valence-corrected chi connectivity index (χ1v) is 7.59. The number of benzene rings is 1. The second-order valence-electron chi connectivity index (χ2n) is 5.78. The second-order valence-corrected chi connectivity index (χ2v) is 5.78. The van der Waals surface area contributed by atoms with Crippen molar-refractivity contribution >= 4 is 23.0 Å². The first-order chi connectivity index (χ1) is 11.1. The molecule has 0 amide bonds. The van der Waals surface area contributed by atoms with Crippen LogP contribution >= 0.6 is 0 Å². The fraction of sp³-hybridized carbons (Fsp3) is 0.375. The summed E-state index contributed by atoms with van der Waals surface area (Å²) in [6.07, 6.45) is 1.55. The summed E-state index contributed by atoms with van der Waals surface area (Å²) in [5, 5.41) is 0. The van der Waals surface area contributed by atoms with Gasteiger partial charge in [0.25, 0.3) is 0 Å². The fourth-order valence-corrected chi connectivity index (χ4v) is 2.81. The van der Waals surface area contributed by atoms with Crippen molar-refractivity contribution in [3.63, 3.8) is 0 Å². The lowest BCUT2D eigenvalue weighted by Gasteiger charge is -2.37. The topological polar surface area (TPSA) is 61.5 Å². The molecular formula is C16H21FN6. The predicted octanol–water partition coefficient (Wildman–Crippen LogP) is 1.59. The zero-order chi connectivity index (χ0) is 16.4. The van der Waals surface area contributed by atoms with Gasteiger partial charge in [-0.15, -0.1) is 0 Å². The van der Waals surface area contributed by atoms with Crippen LogP contribution in [0, 0.1) is 5.82 Å². The van der Waals surface area contributed by atoms with Crippen LogP contribution in [0.4, 0.5) is 27.4 Å². The predicted molar refractivity (Wildman–Crippen MR) is 91.6 cm³/mol. The SMILES string of the molecule is CN(C)c1ncnc(N2CCN(c3ccc(F)cc3)CC2)c1N. The normalized spacial score (nSPS) is 14.9. The number of hydrogen-bond donors (Lipinski definition) is 1. The first-order valence-electron chi connectivity index (χ1n) is 7.59. The van der Waals surface area contributed by atoms with Crippen molar-refractivity contribution in [1.29, 1.82) is 0 Å². The van der Waals surface area contributed by atoms with Gasteiger partial charge in [-0.3, -0.25) is 0 Å². The van der Waals surface area contributed by atoms with E-state index in [4.69, 9.17) is 5.73 Å². The third kappa shape index (κ3) is 3.13. The molecule has 0 bridgehead atoms. The minimum absolute atomic E-state index is 0.211. The first kappa shape index (κ1) is 15.3. The molecule has 1 aromatic heterocycles. The van der Waals surface area contributed by atoms with Crippen LogP contribution in [0.2, 0.25) is 0 Å². The molecule has 2 N–H and O–H groups in total. The Morgan fingerprint density at radius 2 is 1.61 bits per heavy atom. The molecule has 0 spiro atoms. The maximum absolute atomic E-state index is 13.0. The average Bonchev–Trinajstić information content (AvgIpc) is 2.56. The van der Waals surface area contributed by atoms with E-state index in [1.807, 2.05) is 31.1 Å².